The maximum atomic E-state index is 13.2. The summed E-state index contributed by atoms with van der Waals surface area (Å²) >= 11 is 0. The number of aryl methyl sites for hydroxylation is 1. The number of nitrogens with one attached hydrogen (secondary N) is 1. The first-order chi connectivity index (χ1) is 9.72. The van der Waals surface area contributed by atoms with Crippen LogP contribution in [0.4, 0.5) is 4.39 Å². The van der Waals surface area contributed by atoms with Gasteiger partial charge in [-0.3, -0.25) is 0 Å². The first kappa shape index (κ1) is 14.5. The highest BCUT2D eigenvalue weighted by molar-refractivity contribution is 5.33. The Morgan fingerprint density at radius 1 is 1.40 bits per heavy atom. The molecule has 0 bridgehead atoms. The maximum Gasteiger partial charge on any atom is 0.226 e. The largest absolute Gasteiger partial charge is 0.485 e. The lowest BCUT2D eigenvalue weighted by Crippen LogP contribution is -2.08. The van der Waals surface area contributed by atoms with Crippen LogP contribution in [0.1, 0.15) is 30.6 Å². The van der Waals surface area contributed by atoms with Gasteiger partial charge in [-0.1, -0.05) is 12.1 Å². The van der Waals surface area contributed by atoms with Crippen molar-refractivity contribution in [3.8, 4) is 5.75 Å². The van der Waals surface area contributed by atoms with Gasteiger partial charge in [-0.05, 0) is 31.7 Å². The van der Waals surface area contributed by atoms with Gasteiger partial charge in [0.25, 0.3) is 0 Å². The van der Waals surface area contributed by atoms with Crippen molar-refractivity contribution in [2.45, 2.75) is 32.9 Å². The molecule has 0 aliphatic carbocycles. The van der Waals surface area contributed by atoms with Crippen LogP contribution in [0.25, 0.3) is 0 Å². The molecule has 1 N–H and O–H groups in total. The van der Waals surface area contributed by atoms with E-state index in [1.807, 2.05) is 6.92 Å². The molecule has 0 fully saturated rings. The summed E-state index contributed by atoms with van der Waals surface area (Å²) in [7, 11) is 1.80. The van der Waals surface area contributed by atoms with Gasteiger partial charge in [-0.25, -0.2) is 4.39 Å². The molecular weight excluding hydrogens is 261 g/mol. The summed E-state index contributed by atoms with van der Waals surface area (Å²) in [5, 5.41) is 6.82. The van der Waals surface area contributed by atoms with Crippen LogP contribution in [-0.4, -0.2) is 17.2 Å². The Hall–Kier alpha value is -1.95. The van der Waals surface area contributed by atoms with Crippen molar-refractivity contribution in [2.75, 3.05) is 7.05 Å². The smallest absolute Gasteiger partial charge is 0.226 e. The highest BCUT2D eigenvalue weighted by Crippen LogP contribution is 2.20. The Morgan fingerprint density at radius 3 is 3.00 bits per heavy atom. The predicted molar refractivity (Wildman–Crippen MR) is 71.8 cm³/mol. The number of rotatable bonds is 7. The maximum absolute atomic E-state index is 13.2. The number of benzene rings is 1. The van der Waals surface area contributed by atoms with Gasteiger partial charge >= 0.3 is 0 Å². The second-order valence-electron chi connectivity index (χ2n) is 4.43. The number of hydrogen-bond donors (Lipinski definition) is 1. The van der Waals surface area contributed by atoms with E-state index in [-0.39, 0.29) is 12.4 Å². The van der Waals surface area contributed by atoms with E-state index in [2.05, 4.69) is 15.5 Å². The number of halogens is 1. The van der Waals surface area contributed by atoms with E-state index in [1.54, 1.807) is 13.1 Å². The SMILES string of the molecule is CCCc1nc(COc2ccc(F)cc2CNC)no1. The van der Waals surface area contributed by atoms with Crippen molar-refractivity contribution in [2.24, 2.45) is 0 Å². The zero-order valence-electron chi connectivity index (χ0n) is 11.6. The van der Waals surface area contributed by atoms with Crippen LogP contribution in [0.3, 0.4) is 0 Å². The normalized spacial score (nSPS) is 10.8. The molecule has 0 saturated heterocycles. The number of hydrogen-bond acceptors (Lipinski definition) is 5. The monoisotopic (exact) mass is 279 g/mol. The third-order valence-corrected chi connectivity index (χ3v) is 2.72. The highest BCUT2D eigenvalue weighted by Gasteiger charge is 2.09. The third kappa shape index (κ3) is 3.77. The molecular formula is C14H18FN3O2. The van der Waals surface area contributed by atoms with Crippen molar-refractivity contribution in [3.63, 3.8) is 0 Å². The minimum Gasteiger partial charge on any atom is -0.485 e. The molecule has 0 spiro atoms. The molecule has 5 nitrogen and oxygen atoms in total. The van der Waals surface area contributed by atoms with Crippen LogP contribution in [0.2, 0.25) is 0 Å². The molecule has 0 unspecified atom stereocenters. The van der Waals surface area contributed by atoms with E-state index >= 15 is 0 Å². The van der Waals surface area contributed by atoms with E-state index in [1.165, 1.54) is 12.1 Å². The van der Waals surface area contributed by atoms with Crippen LogP contribution in [-0.2, 0) is 19.6 Å². The molecule has 0 radical (unpaired) electrons. The molecule has 0 saturated carbocycles. The summed E-state index contributed by atoms with van der Waals surface area (Å²) in [6.07, 6.45) is 1.71. The third-order valence-electron chi connectivity index (χ3n) is 2.72. The fourth-order valence-electron chi connectivity index (χ4n) is 1.82. The fourth-order valence-corrected chi connectivity index (χ4v) is 1.82. The first-order valence-corrected chi connectivity index (χ1v) is 6.60. The molecule has 1 aromatic carbocycles. The fraction of sp³-hybridized carbons (Fsp3) is 0.429. The Labute approximate surface area is 117 Å². The van der Waals surface area contributed by atoms with E-state index in [4.69, 9.17) is 9.26 Å². The van der Waals surface area contributed by atoms with Crippen LogP contribution >= 0.6 is 0 Å². The first-order valence-electron chi connectivity index (χ1n) is 6.60. The average Bonchev–Trinajstić information content (AvgIpc) is 2.86. The molecule has 1 heterocycles. The minimum absolute atomic E-state index is 0.204. The lowest BCUT2D eigenvalue weighted by molar-refractivity contribution is 0.281. The van der Waals surface area contributed by atoms with Crippen molar-refractivity contribution in [1.29, 1.82) is 0 Å². The topological polar surface area (TPSA) is 60.2 Å². The highest BCUT2D eigenvalue weighted by atomic mass is 19.1. The molecule has 2 rings (SSSR count). The Balaban J connectivity index is 2.02. The molecule has 1 aromatic heterocycles. The zero-order chi connectivity index (χ0) is 14.4. The zero-order valence-corrected chi connectivity index (χ0v) is 11.6. The molecule has 0 aliphatic heterocycles. The lowest BCUT2D eigenvalue weighted by atomic mass is 10.2. The van der Waals surface area contributed by atoms with Gasteiger partial charge < -0.3 is 14.6 Å². The Bertz CT molecular complexity index is 557. The average molecular weight is 279 g/mol. The van der Waals surface area contributed by atoms with Gasteiger partial charge in [-0.15, -0.1) is 0 Å². The number of ether oxygens (including phenoxy) is 1. The van der Waals surface area contributed by atoms with Gasteiger partial charge in [0.15, 0.2) is 6.61 Å². The summed E-state index contributed by atoms with van der Waals surface area (Å²) < 4.78 is 23.9. The van der Waals surface area contributed by atoms with E-state index < -0.39 is 0 Å². The minimum atomic E-state index is -0.285. The predicted octanol–water partition coefficient (Wildman–Crippen LogP) is 2.46. The molecule has 0 aliphatic rings. The molecule has 20 heavy (non-hydrogen) atoms. The van der Waals surface area contributed by atoms with Crippen LogP contribution in [0.5, 0.6) is 5.75 Å². The van der Waals surface area contributed by atoms with Gasteiger partial charge in [-0.2, -0.15) is 4.98 Å². The summed E-state index contributed by atoms with van der Waals surface area (Å²) in [5.74, 6) is 1.43. The number of aromatic nitrogens is 2. The molecule has 2 aromatic rings. The van der Waals surface area contributed by atoms with Gasteiger partial charge in [0.2, 0.25) is 11.7 Å². The van der Waals surface area contributed by atoms with Crippen molar-refractivity contribution in [3.05, 3.63) is 41.3 Å². The summed E-state index contributed by atoms with van der Waals surface area (Å²) in [6, 6.07) is 4.42. The van der Waals surface area contributed by atoms with Crippen LogP contribution < -0.4 is 10.1 Å². The van der Waals surface area contributed by atoms with E-state index in [0.29, 0.717) is 24.0 Å². The van der Waals surface area contributed by atoms with Crippen LogP contribution in [0, 0.1) is 5.82 Å². The van der Waals surface area contributed by atoms with E-state index in [0.717, 1.165) is 18.4 Å². The second kappa shape index (κ2) is 7.00. The summed E-state index contributed by atoms with van der Waals surface area (Å²) in [5.41, 5.74) is 0.754. The van der Waals surface area contributed by atoms with Crippen molar-refractivity contribution < 1.29 is 13.7 Å². The Kier molecular flexibility index (Phi) is 5.06. The standard InChI is InChI=1S/C14H18FN3O2/c1-3-4-14-17-13(18-20-14)9-19-12-6-5-11(15)7-10(12)8-16-2/h5-7,16H,3-4,8-9H2,1-2H3. The number of nitrogens with zero attached hydrogens (tertiary/aromatic N) is 2. The van der Waals surface area contributed by atoms with Gasteiger partial charge in [0.05, 0.1) is 0 Å². The molecule has 0 amide bonds. The van der Waals surface area contributed by atoms with Gasteiger partial charge in [0.1, 0.15) is 11.6 Å². The molecule has 6 heteroatoms. The van der Waals surface area contributed by atoms with Gasteiger partial charge in [0, 0.05) is 18.5 Å². The van der Waals surface area contributed by atoms with Crippen molar-refractivity contribution in [1.82, 2.24) is 15.5 Å². The van der Waals surface area contributed by atoms with Crippen LogP contribution in [0.15, 0.2) is 22.7 Å². The molecule has 108 valence electrons. The lowest BCUT2D eigenvalue weighted by Gasteiger charge is -2.09. The summed E-state index contributed by atoms with van der Waals surface area (Å²) in [4.78, 5) is 4.22. The quantitative estimate of drug-likeness (QED) is 0.843. The Morgan fingerprint density at radius 2 is 2.25 bits per heavy atom. The van der Waals surface area contributed by atoms with E-state index in [9.17, 15) is 4.39 Å². The molecule has 0 atom stereocenters. The van der Waals surface area contributed by atoms with Crippen molar-refractivity contribution >= 4 is 0 Å². The summed E-state index contributed by atoms with van der Waals surface area (Å²) in [6.45, 7) is 2.78. The second-order valence-corrected chi connectivity index (χ2v) is 4.43.